The first-order chi connectivity index (χ1) is 9.38. The molecule has 2 rings (SSSR count). The van der Waals surface area contributed by atoms with E-state index in [-0.39, 0.29) is 3.95 Å². The van der Waals surface area contributed by atoms with E-state index in [1.807, 2.05) is 0 Å². The molecule has 0 radical (unpaired) electrons. The SMILES string of the molecule is O=C(O)Cn1c(=O)cc(-c2ccc(Cl)cc2Cl)sc1=S. The average Bonchev–Trinajstić information content (AvgIpc) is 2.33. The molecular weight excluding hydrogens is 341 g/mol. The van der Waals surface area contributed by atoms with Gasteiger partial charge in [-0.2, -0.15) is 0 Å². The zero-order valence-corrected chi connectivity index (χ0v) is 12.9. The minimum atomic E-state index is -1.12. The Labute approximate surface area is 132 Å². The number of hydrogen-bond donors (Lipinski definition) is 1. The Morgan fingerprint density at radius 3 is 2.60 bits per heavy atom. The van der Waals surface area contributed by atoms with Crippen molar-refractivity contribution in [3.63, 3.8) is 0 Å². The fourth-order valence-corrected chi connectivity index (χ4v) is 3.45. The first-order valence-electron chi connectivity index (χ1n) is 5.30. The van der Waals surface area contributed by atoms with Crippen molar-refractivity contribution >= 4 is 52.7 Å². The number of hydrogen-bond acceptors (Lipinski definition) is 4. The molecule has 0 spiro atoms. The molecule has 0 unspecified atom stereocenters. The number of aromatic nitrogens is 1. The van der Waals surface area contributed by atoms with Crippen LogP contribution in [0.5, 0.6) is 0 Å². The Balaban J connectivity index is 2.58. The summed E-state index contributed by atoms with van der Waals surface area (Å²) in [4.78, 5) is 23.2. The van der Waals surface area contributed by atoms with Crippen LogP contribution >= 0.6 is 46.8 Å². The molecule has 8 heteroatoms. The molecule has 20 heavy (non-hydrogen) atoms. The molecule has 4 nitrogen and oxygen atoms in total. The number of aliphatic carboxylic acids is 1. The van der Waals surface area contributed by atoms with Crippen LogP contribution in [0.4, 0.5) is 0 Å². The summed E-state index contributed by atoms with van der Waals surface area (Å²) in [5.74, 6) is -1.12. The van der Waals surface area contributed by atoms with Crippen LogP contribution < -0.4 is 5.56 Å². The molecule has 1 N–H and O–H groups in total. The normalized spacial score (nSPS) is 10.5. The molecule has 104 valence electrons. The van der Waals surface area contributed by atoms with Crippen LogP contribution in [0, 0.1) is 3.95 Å². The Bertz CT molecular complexity index is 767. The summed E-state index contributed by atoms with van der Waals surface area (Å²) in [7, 11) is 0. The zero-order chi connectivity index (χ0) is 14.9. The van der Waals surface area contributed by atoms with Gasteiger partial charge >= 0.3 is 5.97 Å². The number of carboxylic acid groups (broad SMARTS) is 1. The maximum Gasteiger partial charge on any atom is 0.323 e. The van der Waals surface area contributed by atoms with Crippen molar-refractivity contribution in [2.24, 2.45) is 0 Å². The molecule has 0 amide bonds. The number of carboxylic acids is 1. The molecule has 0 aliphatic heterocycles. The summed E-state index contributed by atoms with van der Waals surface area (Å²) >= 11 is 18.1. The quantitative estimate of drug-likeness (QED) is 0.860. The van der Waals surface area contributed by atoms with Gasteiger partial charge in [-0.05, 0) is 24.4 Å². The molecular formula is C12H7Cl2NO3S2. The lowest BCUT2D eigenvalue weighted by Crippen LogP contribution is -2.23. The van der Waals surface area contributed by atoms with Crippen LogP contribution in [0.2, 0.25) is 10.0 Å². The van der Waals surface area contributed by atoms with Gasteiger partial charge in [-0.3, -0.25) is 14.2 Å². The molecule has 2 aromatic rings. The first-order valence-corrected chi connectivity index (χ1v) is 7.29. The summed E-state index contributed by atoms with van der Waals surface area (Å²) in [6.07, 6.45) is 0. The molecule has 1 aromatic carbocycles. The summed E-state index contributed by atoms with van der Waals surface area (Å²) in [6, 6.07) is 6.23. The van der Waals surface area contributed by atoms with Gasteiger partial charge in [0.1, 0.15) is 6.54 Å². The lowest BCUT2D eigenvalue weighted by molar-refractivity contribution is -0.137. The molecule has 1 aromatic heterocycles. The van der Waals surface area contributed by atoms with Crippen molar-refractivity contribution in [3.05, 3.63) is 48.6 Å². The highest BCUT2D eigenvalue weighted by atomic mass is 35.5. The van der Waals surface area contributed by atoms with Gasteiger partial charge in [0.05, 0.1) is 5.02 Å². The van der Waals surface area contributed by atoms with Crippen LogP contribution in [0.1, 0.15) is 0 Å². The van der Waals surface area contributed by atoms with Gasteiger partial charge in [0.25, 0.3) is 5.56 Å². The van der Waals surface area contributed by atoms with Crippen LogP contribution in [-0.2, 0) is 11.3 Å². The van der Waals surface area contributed by atoms with E-state index in [0.717, 1.165) is 15.9 Å². The van der Waals surface area contributed by atoms with E-state index in [1.54, 1.807) is 18.2 Å². The minimum Gasteiger partial charge on any atom is -0.480 e. The maximum atomic E-state index is 11.9. The van der Waals surface area contributed by atoms with Gasteiger partial charge < -0.3 is 5.11 Å². The number of halogens is 2. The van der Waals surface area contributed by atoms with Gasteiger partial charge in [0, 0.05) is 21.5 Å². The molecule has 0 aliphatic rings. The standard InChI is InChI=1S/C12H7Cl2NO3S2/c13-6-1-2-7(8(14)3-6)9-4-10(16)15(5-11(17)18)12(19)20-9/h1-4H,5H2,(H,17,18). The van der Waals surface area contributed by atoms with Crippen LogP contribution in [-0.4, -0.2) is 15.6 Å². The smallest absolute Gasteiger partial charge is 0.323 e. The van der Waals surface area contributed by atoms with E-state index in [2.05, 4.69) is 0 Å². The monoisotopic (exact) mass is 347 g/mol. The summed E-state index contributed by atoms with van der Waals surface area (Å²) in [5, 5.41) is 9.63. The van der Waals surface area contributed by atoms with E-state index in [9.17, 15) is 9.59 Å². The summed E-state index contributed by atoms with van der Waals surface area (Å²) in [5.41, 5.74) is 0.156. The topological polar surface area (TPSA) is 59.3 Å². The Hall–Kier alpha value is -1.21. The second kappa shape index (κ2) is 6.05. The van der Waals surface area contributed by atoms with E-state index in [1.165, 1.54) is 6.07 Å². The van der Waals surface area contributed by atoms with Crippen LogP contribution in [0.25, 0.3) is 10.4 Å². The summed E-state index contributed by atoms with van der Waals surface area (Å²) < 4.78 is 1.20. The van der Waals surface area contributed by atoms with Gasteiger partial charge in [-0.15, -0.1) is 11.3 Å². The average molecular weight is 348 g/mol. The van der Waals surface area contributed by atoms with E-state index in [0.29, 0.717) is 20.5 Å². The van der Waals surface area contributed by atoms with E-state index >= 15 is 0 Å². The Morgan fingerprint density at radius 1 is 1.35 bits per heavy atom. The summed E-state index contributed by atoms with van der Waals surface area (Å²) in [6.45, 7) is -0.456. The number of carbonyl (C=O) groups is 1. The molecule has 0 saturated heterocycles. The van der Waals surface area contributed by atoms with Gasteiger partial charge in [0.2, 0.25) is 0 Å². The molecule has 0 atom stereocenters. The van der Waals surface area contributed by atoms with Crippen molar-refractivity contribution < 1.29 is 9.90 Å². The predicted molar refractivity (Wildman–Crippen MR) is 82.5 cm³/mol. The zero-order valence-electron chi connectivity index (χ0n) is 9.80. The second-order valence-corrected chi connectivity index (χ2v) is 6.34. The van der Waals surface area contributed by atoms with E-state index < -0.39 is 18.1 Å². The molecule has 0 saturated carbocycles. The van der Waals surface area contributed by atoms with Crippen molar-refractivity contribution in [1.29, 1.82) is 0 Å². The highest BCUT2D eigenvalue weighted by Gasteiger charge is 2.10. The maximum absolute atomic E-state index is 11.9. The van der Waals surface area contributed by atoms with Crippen molar-refractivity contribution in [2.75, 3.05) is 0 Å². The number of benzene rings is 1. The molecule has 0 fully saturated rings. The number of rotatable bonds is 3. The second-order valence-electron chi connectivity index (χ2n) is 3.82. The Kier molecular flexibility index (Phi) is 4.59. The highest BCUT2D eigenvalue weighted by molar-refractivity contribution is 7.73. The third-order valence-electron chi connectivity index (χ3n) is 2.43. The fourth-order valence-electron chi connectivity index (χ4n) is 1.56. The van der Waals surface area contributed by atoms with Crippen LogP contribution in [0.15, 0.2) is 29.1 Å². The fraction of sp³-hybridized carbons (Fsp3) is 0.0833. The molecule has 1 heterocycles. The predicted octanol–water partition coefficient (Wildman–Crippen LogP) is 3.70. The minimum absolute atomic E-state index is 0.181. The third-order valence-corrected chi connectivity index (χ3v) is 4.40. The van der Waals surface area contributed by atoms with E-state index in [4.69, 9.17) is 40.5 Å². The first kappa shape index (κ1) is 15.2. The largest absolute Gasteiger partial charge is 0.480 e. The van der Waals surface area contributed by atoms with Crippen molar-refractivity contribution in [2.45, 2.75) is 6.54 Å². The van der Waals surface area contributed by atoms with Gasteiger partial charge in [-0.25, -0.2) is 0 Å². The van der Waals surface area contributed by atoms with Crippen molar-refractivity contribution in [1.82, 2.24) is 4.57 Å². The van der Waals surface area contributed by atoms with Crippen LogP contribution in [0.3, 0.4) is 0 Å². The molecule has 0 bridgehead atoms. The third kappa shape index (κ3) is 3.27. The highest BCUT2D eigenvalue weighted by Crippen LogP contribution is 2.32. The van der Waals surface area contributed by atoms with Crippen molar-refractivity contribution in [3.8, 4) is 10.4 Å². The number of nitrogens with zero attached hydrogens (tertiary/aromatic N) is 1. The lowest BCUT2D eigenvalue weighted by Gasteiger charge is -2.06. The Morgan fingerprint density at radius 2 is 2.05 bits per heavy atom. The lowest BCUT2D eigenvalue weighted by atomic mass is 10.2. The molecule has 0 aliphatic carbocycles. The van der Waals surface area contributed by atoms with Gasteiger partial charge in [0.15, 0.2) is 3.95 Å². The van der Waals surface area contributed by atoms with Gasteiger partial charge in [-0.1, -0.05) is 29.3 Å².